The second-order valence-corrected chi connectivity index (χ2v) is 6.27. The molecule has 0 saturated carbocycles. The van der Waals surface area contributed by atoms with Gasteiger partial charge in [0.2, 0.25) is 5.91 Å². The van der Waals surface area contributed by atoms with Gasteiger partial charge in [0.25, 0.3) is 0 Å². The normalized spacial score (nSPS) is 21.6. The lowest BCUT2D eigenvalue weighted by Gasteiger charge is -2.24. The van der Waals surface area contributed by atoms with Gasteiger partial charge < -0.3 is 15.5 Å². The van der Waals surface area contributed by atoms with Gasteiger partial charge in [0.1, 0.15) is 0 Å². The lowest BCUT2D eigenvalue weighted by molar-refractivity contribution is -0.128. The molecule has 4 nitrogen and oxygen atoms in total. The Balaban J connectivity index is 2.10. The second kappa shape index (κ2) is 6.67. The number of rotatable bonds is 5. The highest BCUT2D eigenvalue weighted by Gasteiger charge is 2.39. The van der Waals surface area contributed by atoms with Crippen LogP contribution in [0.25, 0.3) is 0 Å². The van der Waals surface area contributed by atoms with Gasteiger partial charge in [0, 0.05) is 37.4 Å². The lowest BCUT2D eigenvalue weighted by atomic mass is 9.89. The summed E-state index contributed by atoms with van der Waals surface area (Å²) in [6.07, 6.45) is 0.865. The van der Waals surface area contributed by atoms with E-state index in [4.69, 9.17) is 11.6 Å². The highest BCUT2D eigenvalue weighted by Crippen LogP contribution is 2.34. The van der Waals surface area contributed by atoms with Crippen LogP contribution in [-0.2, 0) is 11.3 Å². The average molecular weight is 310 g/mol. The molecule has 1 aliphatic rings. The maximum atomic E-state index is 12.0. The molecule has 1 amide bonds. The zero-order valence-electron chi connectivity index (χ0n) is 13.0. The van der Waals surface area contributed by atoms with Crippen molar-refractivity contribution in [3.8, 4) is 0 Å². The zero-order chi connectivity index (χ0) is 15.5. The molecule has 1 saturated heterocycles. The molecule has 0 spiro atoms. The fourth-order valence-corrected chi connectivity index (χ4v) is 3.05. The second-order valence-electron chi connectivity index (χ2n) is 5.87. The fraction of sp³-hybridized carbons (Fsp3) is 0.562. The summed E-state index contributed by atoms with van der Waals surface area (Å²) in [4.78, 5) is 14.2. The van der Waals surface area contributed by atoms with E-state index in [1.807, 2.05) is 13.0 Å². The summed E-state index contributed by atoms with van der Waals surface area (Å²) in [5.74, 6) is 0.111. The Labute approximate surface area is 131 Å². The maximum absolute atomic E-state index is 12.0. The number of carbonyl (C=O) groups excluding carboxylic acids is 1. The van der Waals surface area contributed by atoms with Crippen molar-refractivity contribution in [2.24, 2.45) is 5.41 Å². The van der Waals surface area contributed by atoms with Crippen molar-refractivity contribution in [1.82, 2.24) is 10.6 Å². The van der Waals surface area contributed by atoms with Gasteiger partial charge >= 0.3 is 0 Å². The summed E-state index contributed by atoms with van der Waals surface area (Å²) in [5, 5.41) is 6.82. The van der Waals surface area contributed by atoms with Crippen LogP contribution in [0, 0.1) is 5.41 Å². The molecule has 1 aliphatic heterocycles. The van der Waals surface area contributed by atoms with E-state index in [-0.39, 0.29) is 11.3 Å². The number of halogens is 1. The Kier molecular flexibility index (Phi) is 5.12. The van der Waals surface area contributed by atoms with E-state index in [2.05, 4.69) is 34.6 Å². The highest BCUT2D eigenvalue weighted by atomic mass is 35.5. The van der Waals surface area contributed by atoms with Gasteiger partial charge in [0.15, 0.2) is 0 Å². The Morgan fingerprint density at radius 1 is 1.48 bits per heavy atom. The summed E-state index contributed by atoms with van der Waals surface area (Å²) < 4.78 is 0. The van der Waals surface area contributed by atoms with Gasteiger partial charge in [-0.3, -0.25) is 4.79 Å². The van der Waals surface area contributed by atoms with Crippen molar-refractivity contribution in [3.63, 3.8) is 0 Å². The molecule has 1 aromatic carbocycles. The van der Waals surface area contributed by atoms with Gasteiger partial charge in [-0.05, 0) is 37.6 Å². The number of carbonyl (C=O) groups is 1. The first-order valence-electron chi connectivity index (χ1n) is 7.46. The topological polar surface area (TPSA) is 44.4 Å². The van der Waals surface area contributed by atoms with Crippen LogP contribution < -0.4 is 15.5 Å². The van der Waals surface area contributed by atoms with Crippen LogP contribution in [0.1, 0.15) is 25.8 Å². The van der Waals surface area contributed by atoms with E-state index in [0.29, 0.717) is 0 Å². The van der Waals surface area contributed by atoms with Crippen molar-refractivity contribution in [2.45, 2.75) is 26.8 Å². The Morgan fingerprint density at radius 3 is 2.86 bits per heavy atom. The quantitative estimate of drug-likeness (QED) is 0.878. The predicted octanol–water partition coefficient (Wildman–Crippen LogP) is 2.41. The molecule has 2 N–H and O–H groups in total. The fourth-order valence-electron chi connectivity index (χ4n) is 2.80. The maximum Gasteiger partial charge on any atom is 0.227 e. The van der Waals surface area contributed by atoms with Crippen LogP contribution in [0.3, 0.4) is 0 Å². The molecule has 0 aromatic heterocycles. The van der Waals surface area contributed by atoms with Gasteiger partial charge in [-0.2, -0.15) is 0 Å². The van der Waals surface area contributed by atoms with E-state index in [9.17, 15) is 4.79 Å². The first-order valence-corrected chi connectivity index (χ1v) is 7.84. The van der Waals surface area contributed by atoms with Crippen molar-refractivity contribution in [2.75, 3.05) is 31.6 Å². The van der Waals surface area contributed by atoms with Crippen LogP contribution in [0.5, 0.6) is 0 Å². The summed E-state index contributed by atoms with van der Waals surface area (Å²) >= 11 is 6.36. The van der Waals surface area contributed by atoms with E-state index in [1.165, 1.54) is 0 Å². The molecule has 1 atom stereocenters. The van der Waals surface area contributed by atoms with Gasteiger partial charge in [-0.1, -0.05) is 24.6 Å². The molecule has 116 valence electrons. The Hall–Kier alpha value is -1.26. The minimum absolute atomic E-state index is 0.111. The average Bonchev–Trinajstić information content (AvgIpc) is 2.89. The van der Waals surface area contributed by atoms with Crippen LogP contribution in [0.2, 0.25) is 5.02 Å². The molecule has 21 heavy (non-hydrogen) atoms. The largest absolute Gasteiger partial charge is 0.370 e. The minimum atomic E-state index is -0.316. The molecule has 0 aliphatic carbocycles. The highest BCUT2D eigenvalue weighted by molar-refractivity contribution is 6.31. The Morgan fingerprint density at radius 2 is 2.24 bits per heavy atom. The molecule has 1 heterocycles. The number of hydrogen-bond acceptors (Lipinski definition) is 3. The third kappa shape index (κ3) is 3.50. The number of anilines is 1. The number of benzene rings is 1. The molecule has 0 radical (unpaired) electrons. The first-order chi connectivity index (χ1) is 10.00. The standard InChI is InChI=1S/C16H24ClN3O/c1-4-19-10-12-5-6-13(9-14(12)17)20-8-7-16(2,11-20)15(21)18-3/h5-6,9,19H,4,7-8,10-11H2,1-3H3,(H,18,21). The smallest absolute Gasteiger partial charge is 0.227 e. The van der Waals surface area contributed by atoms with Gasteiger partial charge in [-0.15, -0.1) is 0 Å². The van der Waals surface area contributed by atoms with Crippen molar-refractivity contribution in [1.29, 1.82) is 0 Å². The number of nitrogens with zero attached hydrogens (tertiary/aromatic N) is 1. The zero-order valence-corrected chi connectivity index (χ0v) is 13.8. The van der Waals surface area contributed by atoms with Gasteiger partial charge in [0.05, 0.1) is 5.41 Å². The molecular formula is C16H24ClN3O. The SMILES string of the molecule is CCNCc1ccc(N2CCC(C)(C(=O)NC)C2)cc1Cl. The monoisotopic (exact) mass is 309 g/mol. The van der Waals surface area contributed by atoms with E-state index >= 15 is 0 Å². The van der Waals surface area contributed by atoms with Crippen molar-refractivity contribution < 1.29 is 4.79 Å². The number of nitrogens with one attached hydrogen (secondary N) is 2. The van der Waals surface area contributed by atoms with Gasteiger partial charge in [-0.25, -0.2) is 0 Å². The summed E-state index contributed by atoms with van der Waals surface area (Å²) in [7, 11) is 1.70. The number of amides is 1. The third-order valence-electron chi connectivity index (χ3n) is 4.22. The molecule has 1 fully saturated rings. The molecule has 0 bridgehead atoms. The van der Waals surface area contributed by atoms with E-state index in [1.54, 1.807) is 7.05 Å². The predicted molar refractivity (Wildman–Crippen MR) is 87.8 cm³/mol. The Bertz CT molecular complexity index is 520. The first kappa shape index (κ1) is 16.1. The van der Waals surface area contributed by atoms with E-state index in [0.717, 1.165) is 48.9 Å². The minimum Gasteiger partial charge on any atom is -0.370 e. The molecule has 1 unspecified atom stereocenters. The third-order valence-corrected chi connectivity index (χ3v) is 4.57. The van der Waals surface area contributed by atoms with Crippen LogP contribution >= 0.6 is 11.6 Å². The van der Waals surface area contributed by atoms with Crippen LogP contribution in [0.4, 0.5) is 5.69 Å². The lowest BCUT2D eigenvalue weighted by Crippen LogP contribution is -2.39. The molecule has 5 heteroatoms. The summed E-state index contributed by atoms with van der Waals surface area (Å²) in [6, 6.07) is 6.16. The van der Waals surface area contributed by atoms with Crippen molar-refractivity contribution >= 4 is 23.2 Å². The van der Waals surface area contributed by atoms with E-state index < -0.39 is 0 Å². The van der Waals surface area contributed by atoms with Crippen LogP contribution in [0.15, 0.2) is 18.2 Å². The molecule has 2 rings (SSSR count). The van der Waals surface area contributed by atoms with Crippen LogP contribution in [-0.4, -0.2) is 32.6 Å². The summed E-state index contributed by atoms with van der Waals surface area (Å²) in [6.45, 7) is 7.42. The molecule has 1 aromatic rings. The van der Waals surface area contributed by atoms with Crippen molar-refractivity contribution in [3.05, 3.63) is 28.8 Å². The summed E-state index contributed by atoms with van der Waals surface area (Å²) in [5.41, 5.74) is 1.88. The molecular weight excluding hydrogens is 286 g/mol. The number of hydrogen-bond donors (Lipinski definition) is 2.